The zero-order valence-corrected chi connectivity index (χ0v) is 13.7. The highest BCUT2D eigenvalue weighted by molar-refractivity contribution is 5.68. The molecule has 1 amide bonds. The van der Waals surface area contributed by atoms with Crippen LogP contribution in [0.15, 0.2) is 24.3 Å². The molecule has 1 atom stereocenters. The number of nitriles is 1. The standard InChI is InChI=1S/C17H23N3O2/c1-17(2,3)22-16(21)20-10-9-15(12-20)19(4)14-7-5-13(11-18)6-8-14/h5-8,15H,9-10,12H2,1-4H3. The maximum atomic E-state index is 12.1. The molecule has 1 unspecified atom stereocenters. The van der Waals surface area contributed by atoms with Crippen LogP contribution in [-0.4, -0.2) is 42.8 Å². The van der Waals surface area contributed by atoms with E-state index >= 15 is 0 Å². The summed E-state index contributed by atoms with van der Waals surface area (Å²) in [6, 6.07) is 9.88. The SMILES string of the molecule is CN(c1ccc(C#N)cc1)C1CCN(C(=O)OC(C)(C)C)C1. The molecule has 1 aliphatic heterocycles. The molecule has 1 aliphatic rings. The Bertz CT molecular complexity index is 569. The number of benzene rings is 1. The first kappa shape index (κ1) is 16.2. The van der Waals surface area contributed by atoms with Crippen molar-refractivity contribution in [2.75, 3.05) is 25.0 Å². The summed E-state index contributed by atoms with van der Waals surface area (Å²) < 4.78 is 5.42. The van der Waals surface area contributed by atoms with Crippen LogP contribution in [0.25, 0.3) is 0 Å². The van der Waals surface area contributed by atoms with E-state index in [9.17, 15) is 4.79 Å². The largest absolute Gasteiger partial charge is 0.444 e. The third-order valence-electron chi connectivity index (χ3n) is 3.77. The fraction of sp³-hybridized carbons (Fsp3) is 0.529. The first-order valence-electron chi connectivity index (χ1n) is 7.51. The van der Waals surface area contributed by atoms with E-state index in [1.807, 2.05) is 52.1 Å². The summed E-state index contributed by atoms with van der Waals surface area (Å²) in [4.78, 5) is 16.0. The number of amides is 1. The van der Waals surface area contributed by atoms with E-state index < -0.39 is 5.60 Å². The summed E-state index contributed by atoms with van der Waals surface area (Å²) in [5, 5.41) is 8.85. The lowest BCUT2D eigenvalue weighted by Gasteiger charge is -2.28. The second kappa shape index (κ2) is 6.27. The van der Waals surface area contributed by atoms with Gasteiger partial charge in [0, 0.05) is 31.9 Å². The average molecular weight is 301 g/mol. The lowest BCUT2D eigenvalue weighted by atomic mass is 10.1. The smallest absolute Gasteiger partial charge is 0.410 e. The van der Waals surface area contributed by atoms with Gasteiger partial charge in [0.15, 0.2) is 0 Å². The third kappa shape index (κ3) is 3.91. The molecule has 0 spiro atoms. The Hall–Kier alpha value is -2.22. The Kier molecular flexibility index (Phi) is 4.60. The number of hydrogen-bond acceptors (Lipinski definition) is 4. The molecule has 22 heavy (non-hydrogen) atoms. The van der Waals surface area contributed by atoms with Crippen LogP contribution in [0.1, 0.15) is 32.8 Å². The van der Waals surface area contributed by atoms with E-state index in [0.29, 0.717) is 18.7 Å². The topological polar surface area (TPSA) is 56.6 Å². The van der Waals surface area contributed by atoms with Crippen LogP contribution < -0.4 is 4.90 Å². The number of nitrogens with zero attached hydrogens (tertiary/aromatic N) is 3. The van der Waals surface area contributed by atoms with Crippen LogP contribution in [0.5, 0.6) is 0 Å². The molecule has 5 nitrogen and oxygen atoms in total. The van der Waals surface area contributed by atoms with E-state index in [1.165, 1.54) is 0 Å². The van der Waals surface area contributed by atoms with Gasteiger partial charge < -0.3 is 14.5 Å². The van der Waals surface area contributed by atoms with Crippen molar-refractivity contribution >= 4 is 11.8 Å². The van der Waals surface area contributed by atoms with Crippen molar-refractivity contribution in [1.29, 1.82) is 5.26 Å². The second-order valence-corrected chi connectivity index (χ2v) is 6.64. The number of likely N-dealkylation sites (tertiary alicyclic amines) is 1. The quantitative estimate of drug-likeness (QED) is 0.842. The summed E-state index contributed by atoms with van der Waals surface area (Å²) in [6.07, 6.45) is 0.665. The zero-order valence-electron chi connectivity index (χ0n) is 13.7. The monoisotopic (exact) mass is 301 g/mol. The summed E-state index contributed by atoms with van der Waals surface area (Å²) in [7, 11) is 2.02. The second-order valence-electron chi connectivity index (χ2n) is 6.64. The molecule has 5 heteroatoms. The van der Waals surface area contributed by atoms with Crippen LogP contribution in [0.2, 0.25) is 0 Å². The number of carbonyl (C=O) groups is 1. The van der Waals surface area contributed by atoms with Crippen LogP contribution >= 0.6 is 0 Å². The summed E-state index contributed by atoms with van der Waals surface area (Å²) in [5.74, 6) is 0. The van der Waals surface area contributed by atoms with Gasteiger partial charge in [0.1, 0.15) is 5.60 Å². The predicted molar refractivity (Wildman–Crippen MR) is 85.8 cm³/mol. The molecule has 1 saturated heterocycles. The van der Waals surface area contributed by atoms with Gasteiger partial charge in [0.25, 0.3) is 0 Å². The summed E-state index contributed by atoms with van der Waals surface area (Å²) >= 11 is 0. The van der Waals surface area contributed by atoms with Crippen molar-refractivity contribution in [2.24, 2.45) is 0 Å². The minimum Gasteiger partial charge on any atom is -0.444 e. The van der Waals surface area contributed by atoms with E-state index in [2.05, 4.69) is 11.0 Å². The van der Waals surface area contributed by atoms with Gasteiger partial charge in [0.2, 0.25) is 0 Å². The Morgan fingerprint density at radius 3 is 2.55 bits per heavy atom. The Morgan fingerprint density at radius 2 is 2.00 bits per heavy atom. The molecule has 0 aliphatic carbocycles. The summed E-state index contributed by atoms with van der Waals surface area (Å²) in [6.45, 7) is 7.00. The van der Waals surface area contributed by atoms with Gasteiger partial charge >= 0.3 is 6.09 Å². The highest BCUT2D eigenvalue weighted by Crippen LogP contribution is 2.23. The van der Waals surface area contributed by atoms with E-state index in [0.717, 1.165) is 12.1 Å². The number of anilines is 1. The minimum absolute atomic E-state index is 0.247. The van der Waals surface area contributed by atoms with E-state index in [-0.39, 0.29) is 12.1 Å². The highest BCUT2D eigenvalue weighted by atomic mass is 16.6. The molecule has 0 N–H and O–H groups in total. The van der Waals surface area contributed by atoms with Gasteiger partial charge in [-0.1, -0.05) is 0 Å². The molecule has 1 aromatic rings. The number of hydrogen-bond donors (Lipinski definition) is 0. The van der Waals surface area contributed by atoms with E-state index in [1.54, 1.807) is 4.90 Å². The zero-order chi connectivity index (χ0) is 16.3. The normalized spacial score (nSPS) is 18.0. The maximum absolute atomic E-state index is 12.1. The average Bonchev–Trinajstić information content (AvgIpc) is 2.95. The Balaban J connectivity index is 1.97. The molecule has 0 aromatic heterocycles. The molecule has 1 aromatic carbocycles. The Morgan fingerprint density at radius 1 is 1.36 bits per heavy atom. The van der Waals surface area contributed by atoms with E-state index in [4.69, 9.17) is 10.00 Å². The molecular weight excluding hydrogens is 278 g/mol. The minimum atomic E-state index is -0.464. The van der Waals surface area contributed by atoms with Gasteiger partial charge in [-0.15, -0.1) is 0 Å². The van der Waals surface area contributed by atoms with Crippen molar-refractivity contribution in [2.45, 2.75) is 38.8 Å². The van der Waals surface area contributed by atoms with Crippen LogP contribution in [0.4, 0.5) is 10.5 Å². The fourth-order valence-corrected chi connectivity index (χ4v) is 2.53. The first-order valence-corrected chi connectivity index (χ1v) is 7.51. The molecule has 1 fully saturated rings. The molecule has 0 radical (unpaired) electrons. The lowest BCUT2D eigenvalue weighted by Crippen LogP contribution is -2.39. The molecule has 0 bridgehead atoms. The molecule has 1 heterocycles. The van der Waals surface area contributed by atoms with Gasteiger partial charge in [-0.05, 0) is 51.5 Å². The summed E-state index contributed by atoms with van der Waals surface area (Å²) in [5.41, 5.74) is 1.24. The molecule has 2 rings (SSSR count). The van der Waals surface area contributed by atoms with Crippen LogP contribution in [0, 0.1) is 11.3 Å². The molecular formula is C17H23N3O2. The number of likely N-dealkylation sites (N-methyl/N-ethyl adjacent to an activating group) is 1. The van der Waals surface area contributed by atoms with Crippen molar-refractivity contribution in [3.05, 3.63) is 29.8 Å². The number of ether oxygens (including phenoxy) is 1. The predicted octanol–water partition coefficient (Wildman–Crippen LogP) is 3.00. The number of carbonyl (C=O) groups excluding carboxylic acids is 1. The van der Waals surface area contributed by atoms with Gasteiger partial charge in [0.05, 0.1) is 11.6 Å². The molecule has 118 valence electrons. The highest BCUT2D eigenvalue weighted by Gasteiger charge is 2.31. The van der Waals surface area contributed by atoms with Gasteiger partial charge in [-0.25, -0.2) is 4.79 Å². The van der Waals surface area contributed by atoms with Crippen LogP contribution in [-0.2, 0) is 4.74 Å². The van der Waals surface area contributed by atoms with Crippen molar-refractivity contribution in [1.82, 2.24) is 4.90 Å². The van der Waals surface area contributed by atoms with Gasteiger partial charge in [-0.2, -0.15) is 5.26 Å². The number of rotatable bonds is 2. The maximum Gasteiger partial charge on any atom is 0.410 e. The molecule has 0 saturated carbocycles. The Labute approximate surface area is 132 Å². The van der Waals surface area contributed by atoms with Crippen molar-refractivity contribution in [3.63, 3.8) is 0 Å². The van der Waals surface area contributed by atoms with Gasteiger partial charge in [-0.3, -0.25) is 0 Å². The van der Waals surface area contributed by atoms with Crippen LogP contribution in [0.3, 0.4) is 0 Å². The lowest BCUT2D eigenvalue weighted by molar-refractivity contribution is 0.0292. The third-order valence-corrected chi connectivity index (χ3v) is 3.77. The van der Waals surface area contributed by atoms with Crippen molar-refractivity contribution < 1.29 is 9.53 Å². The first-order chi connectivity index (χ1) is 10.3. The fourth-order valence-electron chi connectivity index (χ4n) is 2.53. The van der Waals surface area contributed by atoms with Crippen molar-refractivity contribution in [3.8, 4) is 6.07 Å².